The van der Waals surface area contributed by atoms with Gasteiger partial charge in [-0.1, -0.05) is 17.9 Å². The molecule has 0 radical (unpaired) electrons. The fourth-order valence-corrected chi connectivity index (χ4v) is 1.13. The number of nitrogens with zero attached hydrogens (tertiary/aromatic N) is 1. The average Bonchev–Trinajstić information content (AvgIpc) is 2.31. The van der Waals surface area contributed by atoms with Crippen molar-refractivity contribution in [1.29, 1.82) is 0 Å². The van der Waals surface area contributed by atoms with Crippen LogP contribution in [0, 0.1) is 0 Å². The van der Waals surface area contributed by atoms with Crippen LogP contribution in [0.2, 0.25) is 0 Å². The largest absolute Gasteiger partial charge is 1.00 e. The zero-order valence-corrected chi connectivity index (χ0v) is 12.0. The summed E-state index contributed by atoms with van der Waals surface area (Å²) in [4.78, 5) is 3.86. The molecule has 88 valence electrons. The Morgan fingerprint density at radius 3 is 2.82 bits per heavy atom. The molecule has 0 heterocycles. The molecule has 1 aromatic carbocycles. The second-order valence-electron chi connectivity index (χ2n) is 3.21. The van der Waals surface area contributed by atoms with Crippen molar-refractivity contribution in [3.05, 3.63) is 23.8 Å². The standard InChI is InChI=1S/C11H15NO4.Na/c1-16-10-4-2-3-8(11(10)15)5-12-6-9(14)7-13;/h2-5,9,13-15H,6-7H2,1H3;/q;+1/p-1. The second-order valence-corrected chi connectivity index (χ2v) is 3.21. The number of hydrogen-bond acceptors (Lipinski definition) is 5. The maximum Gasteiger partial charge on any atom is 1.00 e. The summed E-state index contributed by atoms with van der Waals surface area (Å²) in [5.41, 5.74) is 0.393. The van der Waals surface area contributed by atoms with Gasteiger partial charge in [0.2, 0.25) is 0 Å². The van der Waals surface area contributed by atoms with Gasteiger partial charge in [-0.15, -0.1) is 0 Å². The normalized spacial score (nSPS) is 12.2. The van der Waals surface area contributed by atoms with E-state index < -0.39 is 6.10 Å². The third-order valence-electron chi connectivity index (χ3n) is 1.99. The van der Waals surface area contributed by atoms with Gasteiger partial charge in [0.1, 0.15) is 5.75 Å². The van der Waals surface area contributed by atoms with E-state index in [1.54, 1.807) is 18.2 Å². The summed E-state index contributed by atoms with van der Waals surface area (Å²) in [6.07, 6.45) is 0.473. The first kappa shape index (κ1) is 16.4. The first-order valence-corrected chi connectivity index (χ1v) is 4.81. The minimum absolute atomic E-state index is 0. The summed E-state index contributed by atoms with van der Waals surface area (Å²) in [5, 5.41) is 29.2. The van der Waals surface area contributed by atoms with E-state index in [9.17, 15) is 5.11 Å². The maximum absolute atomic E-state index is 11.6. The number of aliphatic imine (C=N–C) groups is 1. The number of ether oxygens (including phenoxy) is 1. The van der Waals surface area contributed by atoms with Crippen LogP contribution in [-0.4, -0.2) is 42.8 Å². The molecular weight excluding hydrogens is 233 g/mol. The molecular formula is C11H14NNaO4. The maximum atomic E-state index is 11.6. The Balaban J connectivity index is 0.00000256. The van der Waals surface area contributed by atoms with Gasteiger partial charge >= 0.3 is 29.6 Å². The first-order valence-electron chi connectivity index (χ1n) is 4.81. The molecule has 1 aromatic rings. The molecule has 5 nitrogen and oxygen atoms in total. The van der Waals surface area contributed by atoms with Crippen LogP contribution >= 0.6 is 0 Å². The van der Waals surface area contributed by atoms with Crippen molar-refractivity contribution in [2.24, 2.45) is 4.99 Å². The van der Waals surface area contributed by atoms with Crippen molar-refractivity contribution in [2.75, 3.05) is 20.3 Å². The Labute approximate surface area is 122 Å². The molecule has 0 spiro atoms. The van der Waals surface area contributed by atoms with Crippen LogP contribution in [0.25, 0.3) is 0 Å². The fraction of sp³-hybridized carbons (Fsp3) is 0.364. The van der Waals surface area contributed by atoms with Crippen LogP contribution in [0.15, 0.2) is 23.2 Å². The van der Waals surface area contributed by atoms with E-state index >= 15 is 0 Å². The third kappa shape index (κ3) is 5.06. The van der Waals surface area contributed by atoms with Gasteiger partial charge in [-0.05, 0) is 11.6 Å². The van der Waals surface area contributed by atoms with Gasteiger partial charge in [0.25, 0.3) is 0 Å². The van der Waals surface area contributed by atoms with E-state index in [2.05, 4.69) is 4.99 Å². The smallest absolute Gasteiger partial charge is 0.870 e. The van der Waals surface area contributed by atoms with Gasteiger partial charge in [-0.25, -0.2) is 0 Å². The topological polar surface area (TPSA) is 85.1 Å². The molecule has 1 atom stereocenters. The zero-order valence-electron chi connectivity index (χ0n) is 9.96. The Kier molecular flexibility index (Phi) is 8.20. The molecule has 1 rings (SSSR count). The number of aliphatic hydroxyl groups excluding tert-OH is 2. The Morgan fingerprint density at radius 1 is 1.53 bits per heavy atom. The minimum atomic E-state index is -0.892. The molecule has 0 aliphatic heterocycles. The SMILES string of the molecule is COc1cccc(C=NCC(O)CO)c1[O-].[Na+]. The second kappa shape index (κ2) is 8.49. The zero-order chi connectivity index (χ0) is 12.0. The van der Waals surface area contributed by atoms with E-state index in [1.807, 2.05) is 0 Å². The summed E-state index contributed by atoms with van der Waals surface area (Å²) in [5.74, 6) is 0.0129. The predicted molar refractivity (Wildman–Crippen MR) is 58.0 cm³/mol. The number of aliphatic hydroxyl groups is 2. The summed E-state index contributed by atoms with van der Waals surface area (Å²) >= 11 is 0. The number of para-hydroxylation sites is 1. The van der Waals surface area contributed by atoms with E-state index in [1.165, 1.54) is 13.3 Å². The Morgan fingerprint density at radius 2 is 2.24 bits per heavy atom. The van der Waals surface area contributed by atoms with Crippen LogP contribution in [0.3, 0.4) is 0 Å². The monoisotopic (exact) mass is 247 g/mol. The molecule has 0 aromatic heterocycles. The van der Waals surface area contributed by atoms with E-state index in [0.717, 1.165) is 0 Å². The van der Waals surface area contributed by atoms with Gasteiger partial charge in [-0.3, -0.25) is 4.99 Å². The molecule has 6 heteroatoms. The molecule has 0 amide bonds. The van der Waals surface area contributed by atoms with E-state index in [4.69, 9.17) is 14.9 Å². The summed E-state index contributed by atoms with van der Waals surface area (Å²) in [7, 11) is 1.42. The average molecular weight is 247 g/mol. The number of rotatable bonds is 5. The third-order valence-corrected chi connectivity index (χ3v) is 1.99. The van der Waals surface area contributed by atoms with Crippen LogP contribution in [-0.2, 0) is 0 Å². The van der Waals surface area contributed by atoms with Crippen LogP contribution in [0.5, 0.6) is 11.5 Å². The molecule has 2 N–H and O–H groups in total. The van der Waals surface area contributed by atoms with Crippen molar-refractivity contribution in [1.82, 2.24) is 0 Å². The summed E-state index contributed by atoms with van der Waals surface area (Å²) < 4.78 is 4.87. The summed E-state index contributed by atoms with van der Waals surface area (Å²) in [6.45, 7) is -0.285. The number of hydrogen-bond donors (Lipinski definition) is 2. The van der Waals surface area contributed by atoms with Crippen molar-refractivity contribution < 1.29 is 49.6 Å². The Hall–Kier alpha value is -0.590. The van der Waals surface area contributed by atoms with Crippen molar-refractivity contribution in [3.63, 3.8) is 0 Å². The van der Waals surface area contributed by atoms with Crippen molar-refractivity contribution >= 4 is 6.21 Å². The first-order chi connectivity index (χ1) is 7.69. The molecule has 0 saturated heterocycles. The fourth-order valence-electron chi connectivity index (χ4n) is 1.13. The van der Waals surface area contributed by atoms with Crippen LogP contribution < -0.4 is 39.4 Å². The molecule has 17 heavy (non-hydrogen) atoms. The molecule has 0 aliphatic rings. The molecule has 0 aliphatic carbocycles. The molecule has 1 unspecified atom stereocenters. The molecule has 0 saturated carbocycles. The minimum Gasteiger partial charge on any atom is -0.870 e. The predicted octanol–water partition coefficient (Wildman–Crippen LogP) is -3.46. The molecule has 0 bridgehead atoms. The molecule has 0 fully saturated rings. The van der Waals surface area contributed by atoms with E-state index in [-0.39, 0.29) is 54.2 Å². The van der Waals surface area contributed by atoms with Gasteiger partial charge in [-0.2, -0.15) is 0 Å². The van der Waals surface area contributed by atoms with Gasteiger partial charge in [0.15, 0.2) is 0 Å². The van der Waals surface area contributed by atoms with Gasteiger partial charge in [0.05, 0.1) is 26.4 Å². The quantitative estimate of drug-likeness (QED) is 0.418. The van der Waals surface area contributed by atoms with Crippen molar-refractivity contribution in [3.8, 4) is 11.5 Å². The van der Waals surface area contributed by atoms with Crippen LogP contribution in [0.4, 0.5) is 0 Å². The number of benzene rings is 1. The van der Waals surface area contributed by atoms with E-state index in [0.29, 0.717) is 5.56 Å². The van der Waals surface area contributed by atoms with Gasteiger partial charge < -0.3 is 20.1 Å². The Bertz CT molecular complexity index is 370. The number of methoxy groups -OCH3 is 1. The summed E-state index contributed by atoms with van der Waals surface area (Å²) in [6, 6.07) is 4.87. The van der Waals surface area contributed by atoms with Gasteiger partial charge in [0, 0.05) is 6.21 Å². The van der Waals surface area contributed by atoms with Crippen molar-refractivity contribution in [2.45, 2.75) is 6.10 Å². The van der Waals surface area contributed by atoms with Crippen LogP contribution in [0.1, 0.15) is 5.56 Å².